The van der Waals surface area contributed by atoms with E-state index in [1.807, 2.05) is 0 Å². The van der Waals surface area contributed by atoms with Gasteiger partial charge in [0.05, 0.1) is 6.10 Å². The molecule has 2 heterocycles. The van der Waals surface area contributed by atoms with E-state index in [2.05, 4.69) is 32.6 Å². The maximum atomic E-state index is 6.97. The molecule has 0 spiro atoms. The van der Waals surface area contributed by atoms with E-state index in [1.54, 1.807) is 0 Å². The van der Waals surface area contributed by atoms with Gasteiger partial charge in [-0.3, -0.25) is 4.90 Å². The van der Waals surface area contributed by atoms with Gasteiger partial charge < -0.3 is 10.5 Å². The van der Waals surface area contributed by atoms with Crippen LogP contribution in [-0.4, -0.2) is 41.8 Å². The summed E-state index contributed by atoms with van der Waals surface area (Å²) in [7, 11) is 0. The Kier molecular flexibility index (Phi) is 3.67. The van der Waals surface area contributed by atoms with E-state index in [0.29, 0.717) is 18.1 Å². The van der Waals surface area contributed by atoms with E-state index in [9.17, 15) is 0 Å². The van der Waals surface area contributed by atoms with Crippen LogP contribution in [0.3, 0.4) is 0 Å². The number of nitrogens with zero attached hydrogens (tertiary/aromatic N) is 1. The highest BCUT2D eigenvalue weighted by atomic mass is 16.5. The number of likely N-dealkylation sites (tertiary alicyclic amines) is 1. The van der Waals surface area contributed by atoms with Gasteiger partial charge >= 0.3 is 0 Å². The molecule has 116 valence electrons. The molecule has 3 heteroatoms. The summed E-state index contributed by atoms with van der Waals surface area (Å²) in [6, 6.07) is 1.43. The molecule has 0 amide bonds. The lowest BCUT2D eigenvalue weighted by Crippen LogP contribution is -2.80. The van der Waals surface area contributed by atoms with Crippen molar-refractivity contribution in [3.63, 3.8) is 0 Å². The van der Waals surface area contributed by atoms with Gasteiger partial charge in [-0.1, -0.05) is 20.8 Å². The monoisotopic (exact) mass is 280 g/mol. The van der Waals surface area contributed by atoms with Crippen LogP contribution in [0.1, 0.15) is 59.8 Å². The average Bonchev–Trinajstić information content (AvgIpc) is 2.79. The van der Waals surface area contributed by atoms with Crippen LogP contribution in [0.4, 0.5) is 0 Å². The Bertz CT molecular complexity index is 370. The van der Waals surface area contributed by atoms with Crippen molar-refractivity contribution in [1.82, 2.24) is 4.90 Å². The second-order valence-corrected chi connectivity index (χ2v) is 7.96. The third-order valence-electron chi connectivity index (χ3n) is 6.76. The highest BCUT2D eigenvalue weighted by Crippen LogP contribution is 2.58. The molecule has 3 aliphatic rings. The number of rotatable bonds is 3. The minimum Gasteiger partial charge on any atom is -0.377 e. The van der Waals surface area contributed by atoms with Gasteiger partial charge in [0.2, 0.25) is 0 Å². The molecule has 2 aliphatic heterocycles. The van der Waals surface area contributed by atoms with E-state index in [4.69, 9.17) is 10.5 Å². The fourth-order valence-corrected chi connectivity index (χ4v) is 5.14. The largest absolute Gasteiger partial charge is 0.377 e. The Balaban J connectivity index is 1.78. The third-order valence-corrected chi connectivity index (χ3v) is 6.76. The Morgan fingerprint density at radius 1 is 1.25 bits per heavy atom. The zero-order valence-electron chi connectivity index (χ0n) is 13.7. The summed E-state index contributed by atoms with van der Waals surface area (Å²) in [6.07, 6.45) is 6.76. The Hall–Kier alpha value is -0.120. The fraction of sp³-hybridized carbons (Fsp3) is 1.00. The summed E-state index contributed by atoms with van der Waals surface area (Å²) >= 11 is 0. The van der Waals surface area contributed by atoms with Gasteiger partial charge in [-0.25, -0.2) is 0 Å². The lowest BCUT2D eigenvalue weighted by atomic mass is 9.46. The quantitative estimate of drug-likeness (QED) is 0.864. The molecule has 2 N–H and O–H groups in total. The first kappa shape index (κ1) is 14.8. The second kappa shape index (κ2) is 4.96. The highest BCUT2D eigenvalue weighted by Gasteiger charge is 2.67. The maximum absolute atomic E-state index is 6.97. The normalized spacial score (nSPS) is 47.9. The first-order valence-corrected chi connectivity index (χ1v) is 8.58. The molecule has 2 saturated heterocycles. The zero-order chi connectivity index (χ0) is 14.5. The van der Waals surface area contributed by atoms with Gasteiger partial charge in [-0.15, -0.1) is 0 Å². The van der Waals surface area contributed by atoms with Crippen molar-refractivity contribution in [2.75, 3.05) is 13.2 Å². The van der Waals surface area contributed by atoms with Gasteiger partial charge in [0.25, 0.3) is 0 Å². The van der Waals surface area contributed by atoms with Crippen LogP contribution < -0.4 is 5.73 Å². The molecule has 0 aromatic heterocycles. The van der Waals surface area contributed by atoms with Gasteiger partial charge in [-0.05, 0) is 39.0 Å². The van der Waals surface area contributed by atoms with Crippen molar-refractivity contribution >= 4 is 0 Å². The van der Waals surface area contributed by atoms with E-state index < -0.39 is 0 Å². The Morgan fingerprint density at radius 3 is 2.70 bits per heavy atom. The van der Waals surface area contributed by atoms with E-state index in [-0.39, 0.29) is 11.0 Å². The molecule has 5 unspecified atom stereocenters. The smallest absolute Gasteiger partial charge is 0.0690 e. The van der Waals surface area contributed by atoms with Crippen LogP contribution in [0.15, 0.2) is 0 Å². The SMILES string of the molecule is CCC1CCC(C)N1CC1(N)C2CCCOC2C1(C)C. The molecule has 3 rings (SSSR count). The molecule has 0 aromatic rings. The number of hydrogen-bond acceptors (Lipinski definition) is 3. The van der Waals surface area contributed by atoms with Crippen LogP contribution in [0, 0.1) is 11.3 Å². The molecule has 3 fully saturated rings. The van der Waals surface area contributed by atoms with E-state index >= 15 is 0 Å². The molecular weight excluding hydrogens is 248 g/mol. The summed E-state index contributed by atoms with van der Waals surface area (Å²) in [5, 5.41) is 0. The summed E-state index contributed by atoms with van der Waals surface area (Å²) in [4.78, 5) is 2.70. The van der Waals surface area contributed by atoms with Crippen molar-refractivity contribution < 1.29 is 4.74 Å². The van der Waals surface area contributed by atoms with Crippen molar-refractivity contribution in [2.24, 2.45) is 17.1 Å². The van der Waals surface area contributed by atoms with Crippen molar-refractivity contribution in [3.05, 3.63) is 0 Å². The third kappa shape index (κ3) is 1.89. The van der Waals surface area contributed by atoms with Crippen LogP contribution >= 0.6 is 0 Å². The lowest BCUT2D eigenvalue weighted by molar-refractivity contribution is -0.233. The summed E-state index contributed by atoms with van der Waals surface area (Å²) < 4.78 is 6.03. The number of ether oxygens (including phenoxy) is 1. The molecule has 0 bridgehead atoms. The number of fused-ring (bicyclic) bond motifs is 1. The highest BCUT2D eigenvalue weighted by molar-refractivity contribution is 5.21. The topological polar surface area (TPSA) is 38.5 Å². The predicted molar refractivity (Wildman–Crippen MR) is 82.6 cm³/mol. The minimum atomic E-state index is -0.0654. The predicted octanol–water partition coefficient (Wildman–Crippen LogP) is 2.78. The average molecular weight is 280 g/mol. The van der Waals surface area contributed by atoms with Crippen LogP contribution in [-0.2, 0) is 4.74 Å². The Morgan fingerprint density at radius 2 is 2.00 bits per heavy atom. The summed E-state index contributed by atoms with van der Waals surface area (Å²) in [6.45, 7) is 11.3. The molecule has 1 aliphatic carbocycles. The van der Waals surface area contributed by atoms with Crippen LogP contribution in [0.25, 0.3) is 0 Å². The molecule has 0 aromatic carbocycles. The fourth-order valence-electron chi connectivity index (χ4n) is 5.14. The molecular formula is C17H32N2O. The van der Waals surface area contributed by atoms with Gasteiger partial charge in [-0.2, -0.15) is 0 Å². The van der Waals surface area contributed by atoms with E-state index in [0.717, 1.165) is 19.2 Å². The van der Waals surface area contributed by atoms with Crippen molar-refractivity contribution in [1.29, 1.82) is 0 Å². The van der Waals surface area contributed by atoms with Crippen LogP contribution in [0.5, 0.6) is 0 Å². The second-order valence-electron chi connectivity index (χ2n) is 7.96. The van der Waals surface area contributed by atoms with Crippen LogP contribution in [0.2, 0.25) is 0 Å². The lowest BCUT2D eigenvalue weighted by Gasteiger charge is -2.67. The first-order valence-electron chi connectivity index (χ1n) is 8.58. The van der Waals surface area contributed by atoms with Crippen molar-refractivity contribution in [3.8, 4) is 0 Å². The first-order chi connectivity index (χ1) is 9.41. The van der Waals surface area contributed by atoms with Crippen molar-refractivity contribution in [2.45, 2.75) is 83.5 Å². The van der Waals surface area contributed by atoms with E-state index in [1.165, 1.54) is 32.1 Å². The maximum Gasteiger partial charge on any atom is 0.0690 e. The molecule has 3 nitrogen and oxygen atoms in total. The molecule has 0 radical (unpaired) electrons. The van der Waals surface area contributed by atoms with Gasteiger partial charge in [0, 0.05) is 42.1 Å². The summed E-state index contributed by atoms with van der Waals surface area (Å²) in [5.41, 5.74) is 7.02. The number of nitrogens with two attached hydrogens (primary N) is 1. The summed E-state index contributed by atoms with van der Waals surface area (Å²) in [5.74, 6) is 0.566. The zero-order valence-corrected chi connectivity index (χ0v) is 13.7. The molecule has 5 atom stereocenters. The molecule has 20 heavy (non-hydrogen) atoms. The number of hydrogen-bond donors (Lipinski definition) is 1. The van der Waals surface area contributed by atoms with Gasteiger partial charge in [0.1, 0.15) is 0 Å². The van der Waals surface area contributed by atoms with Gasteiger partial charge in [0.15, 0.2) is 0 Å². The minimum absolute atomic E-state index is 0.0654. The Labute approximate surface area is 124 Å². The standard InChI is InChI=1S/C17H32N2O/c1-5-13-9-8-12(2)19(13)11-17(18)14-7-6-10-20-15(14)16(17,3)4/h12-15H,5-11,18H2,1-4H3. The molecule has 1 saturated carbocycles.